The second kappa shape index (κ2) is 5.67. The first-order chi connectivity index (χ1) is 8.74. The summed E-state index contributed by atoms with van der Waals surface area (Å²) >= 11 is 0. The van der Waals surface area contributed by atoms with E-state index in [0.29, 0.717) is 6.54 Å². The summed E-state index contributed by atoms with van der Waals surface area (Å²) < 4.78 is 5.23. The van der Waals surface area contributed by atoms with E-state index in [1.165, 1.54) is 6.39 Å². The maximum Gasteiger partial charge on any atom is 0.223 e. The molecule has 0 aliphatic rings. The maximum atomic E-state index is 11.8. The lowest BCUT2D eigenvalue weighted by molar-refractivity contribution is -0.125. The summed E-state index contributed by atoms with van der Waals surface area (Å²) in [6.45, 7) is 4.61. The van der Waals surface area contributed by atoms with E-state index in [4.69, 9.17) is 4.42 Å². The molecule has 0 spiro atoms. The van der Waals surface area contributed by atoms with Gasteiger partial charge in [0.15, 0.2) is 12.0 Å². The highest BCUT2D eigenvalue weighted by Gasteiger charge is 2.13. The number of benzene rings is 1. The van der Waals surface area contributed by atoms with Crippen molar-refractivity contribution >= 4 is 17.0 Å². The number of carbonyl (C=O) groups is 1. The van der Waals surface area contributed by atoms with Crippen LogP contribution in [0.3, 0.4) is 0 Å². The maximum absolute atomic E-state index is 11.8. The van der Waals surface area contributed by atoms with Gasteiger partial charge >= 0.3 is 0 Å². The van der Waals surface area contributed by atoms with Gasteiger partial charge in [0.1, 0.15) is 5.52 Å². The van der Waals surface area contributed by atoms with Gasteiger partial charge in [0.2, 0.25) is 5.91 Å². The monoisotopic (exact) mass is 246 g/mol. The van der Waals surface area contributed by atoms with Gasteiger partial charge in [-0.3, -0.25) is 4.79 Å². The van der Waals surface area contributed by atoms with Crippen LogP contribution in [0.25, 0.3) is 11.1 Å². The minimum absolute atomic E-state index is 0.110. The average Bonchev–Trinajstić information content (AvgIpc) is 2.85. The highest BCUT2D eigenvalue weighted by molar-refractivity contribution is 5.78. The van der Waals surface area contributed by atoms with Gasteiger partial charge in [-0.1, -0.05) is 19.9 Å². The molecule has 1 N–H and O–H groups in total. The quantitative estimate of drug-likeness (QED) is 0.882. The number of hydrogen-bond donors (Lipinski definition) is 1. The summed E-state index contributed by atoms with van der Waals surface area (Å²) in [7, 11) is 0. The van der Waals surface area contributed by atoms with Gasteiger partial charge in [0.25, 0.3) is 0 Å². The van der Waals surface area contributed by atoms with Crippen molar-refractivity contribution in [2.75, 3.05) is 0 Å². The zero-order valence-electron chi connectivity index (χ0n) is 10.8. The summed E-state index contributed by atoms with van der Waals surface area (Å²) in [5.41, 5.74) is 2.62. The molecule has 18 heavy (non-hydrogen) atoms. The van der Waals surface area contributed by atoms with Crippen molar-refractivity contribution in [3.8, 4) is 0 Å². The number of aromatic nitrogens is 1. The van der Waals surface area contributed by atoms with Gasteiger partial charge in [-0.05, 0) is 30.5 Å². The Morgan fingerprint density at radius 3 is 2.89 bits per heavy atom. The molecular weight excluding hydrogens is 228 g/mol. The zero-order chi connectivity index (χ0) is 13.0. The van der Waals surface area contributed by atoms with E-state index in [-0.39, 0.29) is 11.8 Å². The molecule has 1 amide bonds. The van der Waals surface area contributed by atoms with Crippen LogP contribution in [-0.4, -0.2) is 10.9 Å². The third-order valence-electron chi connectivity index (χ3n) is 3.22. The normalized spacial score (nSPS) is 11.1. The van der Waals surface area contributed by atoms with Gasteiger partial charge in [0, 0.05) is 12.5 Å². The fourth-order valence-electron chi connectivity index (χ4n) is 2.00. The van der Waals surface area contributed by atoms with Crippen molar-refractivity contribution in [3.63, 3.8) is 0 Å². The molecule has 1 heterocycles. The molecule has 4 nitrogen and oxygen atoms in total. The van der Waals surface area contributed by atoms with Crippen LogP contribution in [0.15, 0.2) is 29.0 Å². The predicted molar refractivity (Wildman–Crippen MR) is 69.9 cm³/mol. The number of rotatable bonds is 5. The van der Waals surface area contributed by atoms with Gasteiger partial charge in [-0.25, -0.2) is 4.98 Å². The fraction of sp³-hybridized carbons (Fsp3) is 0.429. The Hall–Kier alpha value is -1.84. The van der Waals surface area contributed by atoms with Crippen molar-refractivity contribution in [2.45, 2.75) is 33.2 Å². The number of hydrogen-bond acceptors (Lipinski definition) is 3. The van der Waals surface area contributed by atoms with E-state index in [1.54, 1.807) is 0 Å². The zero-order valence-corrected chi connectivity index (χ0v) is 10.8. The number of nitrogens with one attached hydrogen (secondary N) is 1. The molecule has 0 fully saturated rings. The van der Waals surface area contributed by atoms with Crippen molar-refractivity contribution in [3.05, 3.63) is 30.2 Å². The van der Waals surface area contributed by atoms with Gasteiger partial charge in [-0.15, -0.1) is 0 Å². The fourth-order valence-corrected chi connectivity index (χ4v) is 2.00. The van der Waals surface area contributed by atoms with Crippen LogP contribution in [0.2, 0.25) is 0 Å². The van der Waals surface area contributed by atoms with E-state index < -0.39 is 0 Å². The smallest absolute Gasteiger partial charge is 0.223 e. The van der Waals surface area contributed by atoms with E-state index in [0.717, 1.165) is 29.5 Å². The largest absolute Gasteiger partial charge is 0.443 e. The van der Waals surface area contributed by atoms with Crippen molar-refractivity contribution in [2.24, 2.45) is 5.92 Å². The van der Waals surface area contributed by atoms with Crippen molar-refractivity contribution in [1.29, 1.82) is 0 Å². The Bertz CT molecular complexity index is 529. The van der Waals surface area contributed by atoms with Crippen LogP contribution < -0.4 is 5.32 Å². The van der Waals surface area contributed by atoms with Crippen LogP contribution in [0.1, 0.15) is 32.3 Å². The second-order valence-electron chi connectivity index (χ2n) is 4.39. The lowest BCUT2D eigenvalue weighted by atomic mass is 10.0. The molecule has 4 heteroatoms. The first-order valence-electron chi connectivity index (χ1n) is 6.34. The average molecular weight is 246 g/mol. The van der Waals surface area contributed by atoms with E-state index in [1.807, 2.05) is 32.0 Å². The molecule has 1 aromatic carbocycles. The molecule has 2 aromatic rings. The SMILES string of the molecule is CCC(CC)C(=O)NCc1ccc2ncoc2c1. The molecule has 96 valence electrons. The topological polar surface area (TPSA) is 55.1 Å². The minimum atomic E-state index is 0.110. The molecule has 0 saturated carbocycles. The molecule has 1 aromatic heterocycles. The predicted octanol–water partition coefficient (Wildman–Crippen LogP) is 2.88. The van der Waals surface area contributed by atoms with E-state index in [9.17, 15) is 4.79 Å². The Kier molecular flexibility index (Phi) is 3.97. The Balaban J connectivity index is 1.99. The lowest BCUT2D eigenvalue weighted by Gasteiger charge is -2.12. The highest BCUT2D eigenvalue weighted by atomic mass is 16.3. The second-order valence-corrected chi connectivity index (χ2v) is 4.39. The number of carbonyl (C=O) groups excluding carboxylic acids is 1. The minimum Gasteiger partial charge on any atom is -0.443 e. The van der Waals surface area contributed by atoms with Crippen LogP contribution in [0.4, 0.5) is 0 Å². The Morgan fingerprint density at radius 1 is 1.39 bits per heavy atom. The molecule has 0 aliphatic carbocycles. The summed E-state index contributed by atoms with van der Waals surface area (Å²) in [5, 5.41) is 2.96. The third kappa shape index (κ3) is 2.70. The molecule has 0 saturated heterocycles. The lowest BCUT2D eigenvalue weighted by Crippen LogP contribution is -2.29. The summed E-state index contributed by atoms with van der Waals surface area (Å²) in [4.78, 5) is 15.9. The van der Waals surface area contributed by atoms with Crippen LogP contribution >= 0.6 is 0 Å². The molecule has 0 aliphatic heterocycles. The Labute approximate surface area is 106 Å². The van der Waals surface area contributed by atoms with E-state index in [2.05, 4.69) is 10.3 Å². The molecule has 0 atom stereocenters. The molecule has 0 bridgehead atoms. The third-order valence-corrected chi connectivity index (χ3v) is 3.22. The van der Waals surface area contributed by atoms with Crippen LogP contribution in [0, 0.1) is 5.92 Å². The number of amides is 1. The van der Waals surface area contributed by atoms with Crippen molar-refractivity contribution < 1.29 is 9.21 Å². The number of fused-ring (bicyclic) bond motifs is 1. The van der Waals surface area contributed by atoms with Gasteiger partial charge in [-0.2, -0.15) is 0 Å². The van der Waals surface area contributed by atoms with Gasteiger partial charge in [0.05, 0.1) is 0 Å². The number of nitrogens with zero attached hydrogens (tertiary/aromatic N) is 1. The molecule has 0 radical (unpaired) electrons. The molecule has 0 unspecified atom stereocenters. The highest BCUT2D eigenvalue weighted by Crippen LogP contribution is 2.14. The molecular formula is C14H18N2O2. The Morgan fingerprint density at radius 2 is 2.17 bits per heavy atom. The molecule has 2 rings (SSSR count). The summed E-state index contributed by atoms with van der Waals surface area (Å²) in [6.07, 6.45) is 3.18. The van der Waals surface area contributed by atoms with Crippen LogP contribution in [-0.2, 0) is 11.3 Å². The summed E-state index contributed by atoms with van der Waals surface area (Å²) in [5.74, 6) is 0.233. The summed E-state index contributed by atoms with van der Waals surface area (Å²) in [6, 6.07) is 5.77. The first-order valence-corrected chi connectivity index (χ1v) is 6.34. The van der Waals surface area contributed by atoms with Gasteiger partial charge < -0.3 is 9.73 Å². The van der Waals surface area contributed by atoms with Crippen LogP contribution in [0.5, 0.6) is 0 Å². The standard InChI is InChI=1S/C14H18N2O2/c1-3-11(4-2)14(17)15-8-10-5-6-12-13(7-10)18-9-16-12/h5-7,9,11H,3-4,8H2,1-2H3,(H,15,17). The first kappa shape index (κ1) is 12.6. The van der Waals surface area contributed by atoms with Crippen molar-refractivity contribution in [1.82, 2.24) is 10.3 Å². The number of oxazole rings is 1. The van der Waals surface area contributed by atoms with E-state index >= 15 is 0 Å².